The van der Waals surface area contributed by atoms with Crippen LogP contribution in [0.15, 0.2) is 41.3 Å². The van der Waals surface area contributed by atoms with Crippen LogP contribution < -0.4 is 10.6 Å². The molecule has 6 N–H and O–H groups in total. The number of phenolic OH excluding ortho intramolecular Hbond substituents is 1. The van der Waals surface area contributed by atoms with E-state index < -0.39 is 58.0 Å². The maximum Gasteiger partial charge on any atom is 0.255 e. The second kappa shape index (κ2) is 9.95. The summed E-state index contributed by atoms with van der Waals surface area (Å²) < 4.78 is 1.81. The van der Waals surface area contributed by atoms with Crippen LogP contribution in [-0.4, -0.2) is 92.2 Å². The molecular weight excluding hydrogens is 554 g/mol. The van der Waals surface area contributed by atoms with Crippen LogP contribution in [0.25, 0.3) is 0 Å². The van der Waals surface area contributed by atoms with Crippen molar-refractivity contribution < 1.29 is 34.8 Å². The fourth-order valence-corrected chi connectivity index (χ4v) is 6.90. The monoisotopic (exact) mass is 593 g/mol. The number of phenols is 1. The number of fused-ring (bicyclic) bond motifs is 3. The number of rotatable bonds is 5. The second-order valence-electron chi connectivity index (χ2n) is 13.3. The maximum absolute atomic E-state index is 14.2. The first-order chi connectivity index (χ1) is 19.9. The first-order valence-corrected chi connectivity index (χ1v) is 14.1. The van der Waals surface area contributed by atoms with Gasteiger partial charge in [-0.3, -0.25) is 19.3 Å². The van der Waals surface area contributed by atoms with Gasteiger partial charge in [-0.2, -0.15) is 0 Å². The summed E-state index contributed by atoms with van der Waals surface area (Å²) in [5, 5.41) is 45.9. The smallest absolute Gasteiger partial charge is 0.255 e. The summed E-state index contributed by atoms with van der Waals surface area (Å²) in [5.41, 5.74) is 4.11. The molecule has 43 heavy (non-hydrogen) atoms. The number of nitrogens with zero attached hydrogens (tertiary/aromatic N) is 4. The highest BCUT2D eigenvalue weighted by Gasteiger charge is 2.63. The van der Waals surface area contributed by atoms with E-state index in [4.69, 9.17) is 5.73 Å². The lowest BCUT2D eigenvalue weighted by atomic mass is 9.58. The summed E-state index contributed by atoms with van der Waals surface area (Å²) >= 11 is 0. The summed E-state index contributed by atoms with van der Waals surface area (Å²) in [4.78, 5) is 47.8. The third-order valence-electron chi connectivity index (χ3n) is 9.01. The number of Topliss-reactive ketones (excluding diaryl/α,β-unsaturated/α-hetero) is 2. The molecule has 0 fully saturated rings. The van der Waals surface area contributed by atoms with Gasteiger partial charge < -0.3 is 35.6 Å². The van der Waals surface area contributed by atoms with Gasteiger partial charge in [0.15, 0.2) is 11.4 Å². The Morgan fingerprint density at radius 2 is 1.81 bits per heavy atom. The van der Waals surface area contributed by atoms with E-state index in [1.807, 2.05) is 56.6 Å². The number of carbonyl (C=O) groups excluding carboxylic acids is 3. The number of aliphatic hydroxyl groups is 3. The number of ketones is 2. The molecule has 0 saturated carbocycles. The first-order valence-electron chi connectivity index (χ1n) is 14.1. The van der Waals surface area contributed by atoms with Crippen molar-refractivity contribution in [3.05, 3.63) is 63.6 Å². The van der Waals surface area contributed by atoms with Gasteiger partial charge >= 0.3 is 0 Å². The van der Waals surface area contributed by atoms with Crippen molar-refractivity contribution >= 4 is 23.2 Å². The lowest BCUT2D eigenvalue weighted by molar-refractivity contribution is -0.148. The van der Waals surface area contributed by atoms with E-state index in [0.717, 1.165) is 5.69 Å². The zero-order valence-electron chi connectivity index (χ0n) is 25.5. The molecule has 1 heterocycles. The topological polar surface area (TPSA) is 182 Å². The minimum atomic E-state index is -2.68. The van der Waals surface area contributed by atoms with Crippen LogP contribution in [0, 0.1) is 11.8 Å². The lowest BCUT2D eigenvalue weighted by Crippen LogP contribution is -2.63. The predicted octanol–water partition coefficient (Wildman–Crippen LogP) is 1.73. The minimum absolute atomic E-state index is 0.0156. The summed E-state index contributed by atoms with van der Waals surface area (Å²) in [6.45, 7) is 6.34. The number of likely N-dealkylation sites (N-methyl/N-ethyl adjacent to an activating group) is 1. The number of aliphatic hydroxyl groups excluding tert-OH is 2. The number of allylic oxidation sites excluding steroid dienone is 1. The molecule has 12 nitrogen and oxygen atoms in total. The third-order valence-corrected chi connectivity index (χ3v) is 9.01. The van der Waals surface area contributed by atoms with E-state index in [2.05, 4.69) is 4.98 Å². The Balaban J connectivity index is 1.67. The first kappa shape index (κ1) is 30.3. The van der Waals surface area contributed by atoms with E-state index in [-0.39, 0.29) is 41.7 Å². The third kappa shape index (κ3) is 4.42. The van der Waals surface area contributed by atoms with E-state index in [9.17, 15) is 34.8 Å². The van der Waals surface area contributed by atoms with Gasteiger partial charge in [0.05, 0.1) is 30.2 Å². The fraction of sp³-hybridized carbons (Fsp3) is 0.484. The number of aromatic nitrogens is 2. The van der Waals surface area contributed by atoms with Gasteiger partial charge in [-0.05, 0) is 44.5 Å². The molecule has 1 aromatic heterocycles. The Bertz CT molecular complexity index is 1630. The fourth-order valence-electron chi connectivity index (χ4n) is 6.90. The number of imidazole rings is 1. The Kier molecular flexibility index (Phi) is 7.01. The molecule has 3 aliphatic carbocycles. The van der Waals surface area contributed by atoms with Crippen molar-refractivity contribution in [1.29, 1.82) is 0 Å². The molecule has 0 saturated heterocycles. The largest absolute Gasteiger partial charge is 0.510 e. The van der Waals surface area contributed by atoms with Crippen molar-refractivity contribution in [2.75, 3.05) is 33.1 Å². The maximum atomic E-state index is 14.2. The average Bonchev–Trinajstić information content (AvgIpc) is 3.36. The second-order valence-corrected chi connectivity index (χ2v) is 13.3. The van der Waals surface area contributed by atoms with Gasteiger partial charge in [0.2, 0.25) is 5.78 Å². The van der Waals surface area contributed by atoms with Crippen LogP contribution in [0.3, 0.4) is 0 Å². The summed E-state index contributed by atoms with van der Waals surface area (Å²) in [6, 6.07) is 0.787. The van der Waals surface area contributed by atoms with Gasteiger partial charge in [0.1, 0.15) is 22.8 Å². The Labute approximate surface area is 249 Å². The number of nitrogens with two attached hydrogens (primary N) is 1. The van der Waals surface area contributed by atoms with Crippen molar-refractivity contribution in [2.45, 2.75) is 57.2 Å². The van der Waals surface area contributed by atoms with Gasteiger partial charge in [-0.15, -0.1) is 0 Å². The molecule has 0 unspecified atom stereocenters. The van der Waals surface area contributed by atoms with Crippen molar-refractivity contribution in [1.82, 2.24) is 14.5 Å². The summed E-state index contributed by atoms with van der Waals surface area (Å²) in [7, 11) is 6.85. The van der Waals surface area contributed by atoms with Crippen LogP contribution in [0.5, 0.6) is 5.75 Å². The zero-order valence-corrected chi connectivity index (χ0v) is 25.5. The zero-order chi connectivity index (χ0) is 31.9. The Morgan fingerprint density at radius 3 is 2.35 bits per heavy atom. The van der Waals surface area contributed by atoms with Gasteiger partial charge in [-0.25, -0.2) is 4.98 Å². The molecule has 4 atom stereocenters. The summed E-state index contributed by atoms with van der Waals surface area (Å²) in [5.74, 6) is -6.69. The van der Waals surface area contributed by atoms with E-state index in [1.165, 1.54) is 4.90 Å². The van der Waals surface area contributed by atoms with Crippen molar-refractivity contribution in [3.63, 3.8) is 0 Å². The summed E-state index contributed by atoms with van der Waals surface area (Å²) in [6.07, 6.45) is 3.79. The van der Waals surface area contributed by atoms with E-state index in [0.29, 0.717) is 16.8 Å². The van der Waals surface area contributed by atoms with Gasteiger partial charge in [-0.1, -0.05) is 20.8 Å². The molecule has 0 radical (unpaired) electrons. The SMILES string of the molecule is CN(C)c1cc(Cn2cnc(C(C)(C)C)c2)c(O)c2c1C[C@H]1C[C@H]3[C@H](N(C)C)C(O)=C(C(N)=O)C(=O)[C@@]3(O)C(O)=C1C2=O. The highest BCUT2D eigenvalue weighted by molar-refractivity contribution is 6.25. The molecule has 1 aromatic carbocycles. The van der Waals surface area contributed by atoms with Crippen LogP contribution in [-0.2, 0) is 28.0 Å². The molecule has 2 aromatic rings. The number of benzene rings is 1. The molecule has 1 amide bonds. The van der Waals surface area contributed by atoms with Crippen LogP contribution in [0.1, 0.15) is 54.4 Å². The number of hydrogen-bond acceptors (Lipinski definition) is 10. The van der Waals surface area contributed by atoms with Crippen LogP contribution in [0.2, 0.25) is 0 Å². The molecule has 3 aliphatic rings. The molecule has 0 bridgehead atoms. The number of amides is 1. The highest BCUT2D eigenvalue weighted by Crippen LogP contribution is 2.53. The Hall–Kier alpha value is -4.16. The molecule has 5 rings (SSSR count). The van der Waals surface area contributed by atoms with Crippen molar-refractivity contribution in [2.24, 2.45) is 17.6 Å². The van der Waals surface area contributed by atoms with Crippen LogP contribution in [0.4, 0.5) is 5.69 Å². The molecule has 0 aliphatic heterocycles. The predicted molar refractivity (Wildman–Crippen MR) is 158 cm³/mol. The number of aromatic hydroxyl groups is 1. The molecule has 230 valence electrons. The molecule has 12 heteroatoms. The number of primary amides is 1. The Morgan fingerprint density at radius 1 is 1.16 bits per heavy atom. The van der Waals surface area contributed by atoms with Crippen molar-refractivity contribution in [3.8, 4) is 5.75 Å². The average molecular weight is 594 g/mol. The van der Waals surface area contributed by atoms with E-state index in [1.54, 1.807) is 20.4 Å². The molecular formula is C31H39N5O7. The van der Waals surface area contributed by atoms with Gasteiger partial charge in [0.25, 0.3) is 5.91 Å². The van der Waals surface area contributed by atoms with Crippen LogP contribution >= 0.6 is 0 Å². The quantitative estimate of drug-likeness (QED) is 0.320. The highest BCUT2D eigenvalue weighted by atomic mass is 16.3. The molecule has 0 spiro atoms. The minimum Gasteiger partial charge on any atom is -0.510 e. The number of hydrogen-bond donors (Lipinski definition) is 5. The standard InChI is InChI=1S/C31H39N5O7/c1-30(2,3)19-12-36(13-33-19)11-15-10-18(34(4)5)16-8-14-9-17-23(35(6)7)26(39)22(29(32)42)28(41)31(17,43)27(40)20(14)25(38)21(16)24(15)37/h10,12-14,17,23,37,39-40,43H,8-9,11H2,1-7H3,(H2,32,42)/t14-,17-,23-,31-/m0/s1. The normalized spacial score (nSPS) is 25.6. The lowest BCUT2D eigenvalue weighted by Gasteiger charge is -2.50. The van der Waals surface area contributed by atoms with E-state index >= 15 is 0 Å². The number of anilines is 1. The number of carbonyl (C=O) groups is 3. The van der Waals surface area contributed by atoms with Gasteiger partial charge in [0, 0.05) is 48.4 Å².